The molecule has 114 valence electrons. The molecule has 0 bridgehead atoms. The molecular weight excluding hydrogens is 284 g/mol. The Morgan fingerprint density at radius 3 is 2.67 bits per heavy atom. The highest BCUT2D eigenvalue weighted by Gasteiger charge is 2.59. The number of nitrogens with one attached hydrogen (secondary N) is 1. The Balaban J connectivity index is 1.92. The largest absolute Gasteiger partial charge is 0.320 e. The van der Waals surface area contributed by atoms with Crippen molar-refractivity contribution in [2.45, 2.75) is 43.6 Å². The quantitative estimate of drug-likeness (QED) is 0.921. The van der Waals surface area contributed by atoms with Crippen molar-refractivity contribution in [2.24, 2.45) is 0 Å². The van der Waals surface area contributed by atoms with Crippen LogP contribution in [-0.2, 0) is 15.6 Å². The molecular formula is C16H22N2O2S. The summed E-state index contributed by atoms with van der Waals surface area (Å²) in [6, 6.07) is 8.16. The molecule has 1 N–H and O–H groups in total. The van der Waals surface area contributed by atoms with Gasteiger partial charge in [0, 0.05) is 28.9 Å². The lowest BCUT2D eigenvalue weighted by Crippen LogP contribution is -2.38. The molecule has 1 saturated heterocycles. The zero-order chi connectivity index (χ0) is 15.2. The topological polar surface area (TPSA) is 49.4 Å². The number of aryl methyl sites for hydroxylation is 1. The molecule has 1 aromatic rings. The van der Waals surface area contributed by atoms with Crippen LogP contribution in [0, 0.1) is 6.92 Å². The predicted octanol–water partition coefficient (Wildman–Crippen LogP) is 1.73. The fourth-order valence-electron chi connectivity index (χ4n) is 2.99. The number of benzene rings is 1. The van der Waals surface area contributed by atoms with Gasteiger partial charge in [0.25, 0.3) is 0 Å². The molecule has 5 heteroatoms. The fourth-order valence-corrected chi connectivity index (χ4v) is 3.36. The molecule has 1 aromatic carbocycles. The van der Waals surface area contributed by atoms with E-state index in [1.54, 1.807) is 6.26 Å². The van der Waals surface area contributed by atoms with Gasteiger partial charge in [0.2, 0.25) is 5.91 Å². The molecule has 0 aromatic heterocycles. The van der Waals surface area contributed by atoms with Gasteiger partial charge in [0.15, 0.2) is 0 Å². The summed E-state index contributed by atoms with van der Waals surface area (Å²) in [7, 11) is -0.924. The van der Waals surface area contributed by atoms with E-state index in [1.807, 2.05) is 24.0 Å². The fraction of sp³-hybridized carbons (Fsp3) is 0.562. The zero-order valence-electron chi connectivity index (χ0n) is 12.8. The third-order valence-electron chi connectivity index (χ3n) is 4.65. The Labute approximate surface area is 128 Å². The Hall–Kier alpha value is -1.20. The van der Waals surface area contributed by atoms with Crippen molar-refractivity contribution >= 4 is 16.7 Å². The SMILES string of the molecule is Cc1ccccc1C1NC2(CC2)C(=O)N1CC(C)S(C)=O. The molecule has 21 heavy (non-hydrogen) atoms. The van der Waals surface area contributed by atoms with Gasteiger partial charge in [0.05, 0.1) is 0 Å². The second-order valence-corrected chi connectivity index (χ2v) is 8.05. The highest BCUT2D eigenvalue weighted by molar-refractivity contribution is 7.84. The molecule has 1 spiro atoms. The summed E-state index contributed by atoms with van der Waals surface area (Å²) in [5.74, 6) is 0.174. The lowest BCUT2D eigenvalue weighted by Gasteiger charge is -2.27. The molecule has 4 nitrogen and oxygen atoms in total. The molecule has 1 aliphatic carbocycles. The average molecular weight is 306 g/mol. The molecule has 3 unspecified atom stereocenters. The first-order valence-corrected chi connectivity index (χ1v) is 9.03. The first-order valence-electron chi connectivity index (χ1n) is 7.41. The van der Waals surface area contributed by atoms with Crippen LogP contribution in [0.2, 0.25) is 0 Å². The van der Waals surface area contributed by atoms with Crippen LogP contribution in [0.25, 0.3) is 0 Å². The van der Waals surface area contributed by atoms with E-state index in [9.17, 15) is 9.00 Å². The summed E-state index contributed by atoms with van der Waals surface area (Å²) in [6.45, 7) is 4.55. The number of hydrogen-bond donors (Lipinski definition) is 1. The maximum Gasteiger partial charge on any atom is 0.244 e. The maximum absolute atomic E-state index is 12.7. The predicted molar refractivity (Wildman–Crippen MR) is 84.3 cm³/mol. The monoisotopic (exact) mass is 306 g/mol. The molecule has 1 saturated carbocycles. The Morgan fingerprint density at radius 2 is 2.10 bits per heavy atom. The summed E-state index contributed by atoms with van der Waals surface area (Å²) in [6.07, 6.45) is 3.43. The Kier molecular flexibility index (Phi) is 3.66. The van der Waals surface area contributed by atoms with Gasteiger partial charge in [-0.05, 0) is 37.8 Å². The third-order valence-corrected chi connectivity index (χ3v) is 5.93. The normalized spacial score (nSPS) is 26.1. The van der Waals surface area contributed by atoms with E-state index in [2.05, 4.69) is 24.4 Å². The molecule has 1 heterocycles. The standard InChI is InChI=1S/C16H22N2O2S/c1-11-6-4-5-7-13(11)14-17-16(8-9-16)15(19)18(14)10-12(2)21(3)20/h4-7,12,14,17H,8-10H2,1-3H3. The van der Waals surface area contributed by atoms with Gasteiger partial charge in [-0.1, -0.05) is 24.3 Å². The van der Waals surface area contributed by atoms with E-state index in [0.717, 1.165) is 18.4 Å². The Bertz CT molecular complexity index is 598. The van der Waals surface area contributed by atoms with Crippen molar-refractivity contribution in [2.75, 3.05) is 12.8 Å². The maximum atomic E-state index is 12.7. The van der Waals surface area contributed by atoms with Gasteiger partial charge in [-0.3, -0.25) is 14.3 Å². The minimum atomic E-state index is -0.924. The van der Waals surface area contributed by atoms with Crippen molar-refractivity contribution in [3.8, 4) is 0 Å². The molecule has 2 aliphatic rings. The highest BCUT2D eigenvalue weighted by Crippen LogP contribution is 2.46. The summed E-state index contributed by atoms with van der Waals surface area (Å²) >= 11 is 0. The van der Waals surface area contributed by atoms with E-state index in [4.69, 9.17) is 0 Å². The molecule has 1 aliphatic heterocycles. The first kappa shape index (κ1) is 14.7. The van der Waals surface area contributed by atoms with Crippen LogP contribution in [0.15, 0.2) is 24.3 Å². The number of amides is 1. The summed E-state index contributed by atoms with van der Waals surface area (Å²) in [5, 5.41) is 3.50. The van der Waals surface area contributed by atoms with Gasteiger partial charge >= 0.3 is 0 Å². The van der Waals surface area contributed by atoms with Gasteiger partial charge in [-0.15, -0.1) is 0 Å². The van der Waals surface area contributed by atoms with Gasteiger partial charge in [-0.25, -0.2) is 0 Å². The lowest BCUT2D eigenvalue weighted by atomic mass is 10.1. The van der Waals surface area contributed by atoms with E-state index < -0.39 is 10.8 Å². The molecule has 1 amide bonds. The van der Waals surface area contributed by atoms with Gasteiger partial charge in [-0.2, -0.15) is 0 Å². The summed E-state index contributed by atoms with van der Waals surface area (Å²) in [5.41, 5.74) is 1.97. The van der Waals surface area contributed by atoms with Crippen molar-refractivity contribution < 1.29 is 9.00 Å². The zero-order valence-corrected chi connectivity index (χ0v) is 13.6. The molecule has 3 atom stereocenters. The van der Waals surface area contributed by atoms with Crippen molar-refractivity contribution in [3.63, 3.8) is 0 Å². The van der Waals surface area contributed by atoms with Crippen molar-refractivity contribution in [1.29, 1.82) is 0 Å². The highest BCUT2D eigenvalue weighted by atomic mass is 32.2. The Morgan fingerprint density at radius 1 is 1.43 bits per heavy atom. The van der Waals surface area contributed by atoms with Crippen LogP contribution >= 0.6 is 0 Å². The van der Waals surface area contributed by atoms with Crippen LogP contribution < -0.4 is 5.32 Å². The summed E-state index contributed by atoms with van der Waals surface area (Å²) in [4.78, 5) is 14.6. The van der Waals surface area contributed by atoms with Gasteiger partial charge < -0.3 is 4.90 Å². The molecule has 2 fully saturated rings. The first-order chi connectivity index (χ1) is 9.94. The van der Waals surface area contributed by atoms with E-state index in [0.29, 0.717) is 6.54 Å². The third kappa shape index (κ3) is 2.53. The van der Waals surface area contributed by atoms with E-state index in [1.165, 1.54) is 5.56 Å². The van der Waals surface area contributed by atoms with Crippen LogP contribution in [0.5, 0.6) is 0 Å². The number of carbonyl (C=O) groups excluding carboxylic acids is 1. The summed E-state index contributed by atoms with van der Waals surface area (Å²) < 4.78 is 11.7. The molecule has 3 rings (SSSR count). The van der Waals surface area contributed by atoms with Crippen molar-refractivity contribution in [3.05, 3.63) is 35.4 Å². The van der Waals surface area contributed by atoms with E-state index >= 15 is 0 Å². The molecule has 0 radical (unpaired) electrons. The van der Waals surface area contributed by atoms with Crippen LogP contribution in [0.4, 0.5) is 0 Å². The van der Waals surface area contributed by atoms with Crippen LogP contribution in [-0.4, -0.2) is 38.6 Å². The van der Waals surface area contributed by atoms with Gasteiger partial charge in [0.1, 0.15) is 11.7 Å². The average Bonchev–Trinajstić information content (AvgIpc) is 3.18. The second-order valence-electron chi connectivity index (χ2n) is 6.25. The number of hydrogen-bond acceptors (Lipinski definition) is 3. The number of rotatable bonds is 4. The van der Waals surface area contributed by atoms with Crippen molar-refractivity contribution in [1.82, 2.24) is 10.2 Å². The van der Waals surface area contributed by atoms with Crippen LogP contribution in [0.1, 0.15) is 37.1 Å². The smallest absolute Gasteiger partial charge is 0.244 e. The number of nitrogens with zero attached hydrogens (tertiary/aromatic N) is 1. The lowest BCUT2D eigenvalue weighted by molar-refractivity contribution is -0.130. The van der Waals surface area contributed by atoms with Crippen LogP contribution in [0.3, 0.4) is 0 Å². The van der Waals surface area contributed by atoms with E-state index in [-0.39, 0.29) is 22.9 Å². The number of carbonyl (C=O) groups is 1. The second kappa shape index (κ2) is 5.21. The minimum absolute atomic E-state index is 0.0174. The minimum Gasteiger partial charge on any atom is -0.320 e.